The van der Waals surface area contributed by atoms with E-state index in [9.17, 15) is 0 Å². The Hall–Kier alpha value is 0.400. The lowest BCUT2D eigenvalue weighted by Gasteiger charge is -2.36. The van der Waals surface area contributed by atoms with Crippen LogP contribution in [0.25, 0.3) is 0 Å². The van der Waals surface area contributed by atoms with Gasteiger partial charge in [-0.1, -0.05) is 0 Å². The van der Waals surface area contributed by atoms with Gasteiger partial charge in [0.2, 0.25) is 0 Å². The molecule has 0 amide bonds. The van der Waals surface area contributed by atoms with Crippen molar-refractivity contribution in [3.8, 4) is 0 Å². The summed E-state index contributed by atoms with van der Waals surface area (Å²) in [5.74, 6) is 0. The van der Waals surface area contributed by atoms with Crippen molar-refractivity contribution in [3.05, 3.63) is 0 Å². The maximum absolute atomic E-state index is 3.51. The summed E-state index contributed by atoms with van der Waals surface area (Å²) < 4.78 is 2.15. The summed E-state index contributed by atoms with van der Waals surface area (Å²) in [6.45, 7) is 9.80. The smallest absolute Gasteiger partial charge is 0.0596 e. The molecule has 1 saturated heterocycles. The predicted molar refractivity (Wildman–Crippen MR) is 46.9 cm³/mol. The van der Waals surface area contributed by atoms with Crippen LogP contribution in [0.1, 0.15) is 27.7 Å². The summed E-state index contributed by atoms with van der Waals surface area (Å²) in [4.78, 5) is 0. The van der Waals surface area contributed by atoms with Crippen LogP contribution in [0.5, 0.6) is 0 Å². The first-order valence-corrected chi connectivity index (χ1v) is 4.27. The Morgan fingerprint density at radius 3 is 1.90 bits per heavy atom. The highest BCUT2D eigenvalue weighted by molar-refractivity contribution is 9.07. The van der Waals surface area contributed by atoms with E-state index in [-0.39, 0.29) is 11.1 Å². The normalized spacial score (nSPS) is 30.9. The standard InChI is InChI=1S/C7H15BrN2/c1-6(2)7(3,4)10(8)5-9-6/h9H,5H2,1-4H3. The minimum atomic E-state index is 0.188. The molecule has 1 N–H and O–H groups in total. The molecule has 1 heterocycles. The van der Waals surface area contributed by atoms with Crippen molar-refractivity contribution in [2.24, 2.45) is 0 Å². The first-order chi connectivity index (χ1) is 4.38. The molecule has 1 aliphatic heterocycles. The number of hydrogen-bond acceptors (Lipinski definition) is 2. The average molecular weight is 207 g/mol. The molecule has 0 spiro atoms. The topological polar surface area (TPSA) is 15.3 Å². The predicted octanol–water partition coefficient (Wildman–Crippen LogP) is 1.72. The van der Waals surface area contributed by atoms with E-state index in [1.165, 1.54) is 0 Å². The van der Waals surface area contributed by atoms with Gasteiger partial charge in [-0.25, -0.2) is 3.93 Å². The van der Waals surface area contributed by atoms with Crippen LogP contribution in [-0.4, -0.2) is 21.7 Å². The average Bonchev–Trinajstić information content (AvgIpc) is 1.94. The number of halogens is 1. The molecule has 1 rings (SSSR count). The third-order valence-electron chi connectivity index (χ3n) is 2.80. The summed E-state index contributed by atoms with van der Waals surface area (Å²) in [5.41, 5.74) is 0.378. The van der Waals surface area contributed by atoms with Gasteiger partial charge in [0, 0.05) is 27.2 Å². The minimum absolute atomic E-state index is 0.188. The van der Waals surface area contributed by atoms with E-state index in [4.69, 9.17) is 0 Å². The Morgan fingerprint density at radius 1 is 1.30 bits per heavy atom. The molecule has 0 aromatic heterocycles. The van der Waals surface area contributed by atoms with Crippen molar-refractivity contribution < 1.29 is 0 Å². The Kier molecular flexibility index (Phi) is 1.86. The molecule has 0 atom stereocenters. The van der Waals surface area contributed by atoms with Crippen LogP contribution in [-0.2, 0) is 0 Å². The summed E-state index contributed by atoms with van der Waals surface area (Å²) in [5, 5.41) is 3.41. The van der Waals surface area contributed by atoms with Gasteiger partial charge in [0.25, 0.3) is 0 Å². The van der Waals surface area contributed by atoms with E-state index >= 15 is 0 Å². The van der Waals surface area contributed by atoms with Gasteiger partial charge < -0.3 is 0 Å². The van der Waals surface area contributed by atoms with E-state index in [0.29, 0.717) is 0 Å². The van der Waals surface area contributed by atoms with Crippen molar-refractivity contribution in [2.45, 2.75) is 38.8 Å². The molecule has 2 nitrogen and oxygen atoms in total. The van der Waals surface area contributed by atoms with E-state index in [0.717, 1.165) is 6.67 Å². The number of rotatable bonds is 0. The number of nitrogens with one attached hydrogen (secondary N) is 1. The minimum Gasteiger partial charge on any atom is -0.297 e. The molecule has 1 fully saturated rings. The lowest BCUT2D eigenvalue weighted by Crippen LogP contribution is -2.50. The quantitative estimate of drug-likeness (QED) is 0.608. The molecule has 0 aromatic rings. The van der Waals surface area contributed by atoms with Gasteiger partial charge in [0.1, 0.15) is 0 Å². The second-order valence-corrected chi connectivity index (χ2v) is 4.74. The fourth-order valence-corrected chi connectivity index (χ4v) is 1.55. The summed E-state index contributed by atoms with van der Waals surface area (Å²) >= 11 is 3.51. The SMILES string of the molecule is CC1(C)NCN(Br)C1(C)C. The Morgan fingerprint density at radius 2 is 1.80 bits per heavy atom. The van der Waals surface area contributed by atoms with Gasteiger partial charge in [-0.2, -0.15) is 0 Å². The molecule has 0 aromatic carbocycles. The van der Waals surface area contributed by atoms with E-state index in [2.05, 4.69) is 53.1 Å². The van der Waals surface area contributed by atoms with E-state index in [1.54, 1.807) is 0 Å². The summed E-state index contributed by atoms with van der Waals surface area (Å²) in [7, 11) is 0. The maximum atomic E-state index is 3.51. The van der Waals surface area contributed by atoms with Crippen LogP contribution in [0.4, 0.5) is 0 Å². The third-order valence-corrected chi connectivity index (χ3v) is 3.93. The Bertz CT molecular complexity index is 143. The Labute approximate surface area is 71.3 Å². The lowest BCUT2D eigenvalue weighted by atomic mass is 9.85. The molecule has 0 saturated carbocycles. The zero-order valence-electron chi connectivity index (χ0n) is 7.03. The van der Waals surface area contributed by atoms with Crippen LogP contribution < -0.4 is 5.32 Å². The van der Waals surface area contributed by atoms with Crippen LogP contribution in [0, 0.1) is 0 Å². The molecular formula is C7H15BrN2. The monoisotopic (exact) mass is 206 g/mol. The van der Waals surface area contributed by atoms with E-state index in [1.807, 2.05) is 0 Å². The van der Waals surface area contributed by atoms with Gasteiger partial charge in [-0.05, 0) is 27.7 Å². The van der Waals surface area contributed by atoms with E-state index < -0.39 is 0 Å². The lowest BCUT2D eigenvalue weighted by molar-refractivity contribution is 0.235. The van der Waals surface area contributed by atoms with Gasteiger partial charge in [-0.3, -0.25) is 5.32 Å². The maximum Gasteiger partial charge on any atom is 0.0596 e. The first-order valence-electron chi connectivity index (χ1n) is 3.56. The number of nitrogens with zero attached hydrogens (tertiary/aromatic N) is 1. The van der Waals surface area contributed by atoms with Crippen molar-refractivity contribution in [1.29, 1.82) is 0 Å². The van der Waals surface area contributed by atoms with Crippen molar-refractivity contribution in [1.82, 2.24) is 9.24 Å². The molecule has 0 bridgehead atoms. The van der Waals surface area contributed by atoms with Crippen LogP contribution in [0.15, 0.2) is 0 Å². The highest BCUT2D eigenvalue weighted by Crippen LogP contribution is 2.34. The molecule has 1 aliphatic rings. The van der Waals surface area contributed by atoms with Crippen molar-refractivity contribution in [3.63, 3.8) is 0 Å². The summed E-state index contributed by atoms with van der Waals surface area (Å²) in [6.07, 6.45) is 0. The van der Waals surface area contributed by atoms with Gasteiger partial charge >= 0.3 is 0 Å². The van der Waals surface area contributed by atoms with Crippen molar-refractivity contribution >= 4 is 16.1 Å². The van der Waals surface area contributed by atoms with Crippen LogP contribution in [0.2, 0.25) is 0 Å². The fourth-order valence-electron chi connectivity index (χ4n) is 0.984. The van der Waals surface area contributed by atoms with Crippen LogP contribution in [0.3, 0.4) is 0 Å². The molecule has 0 unspecified atom stereocenters. The zero-order chi connectivity index (χ0) is 7.99. The largest absolute Gasteiger partial charge is 0.297 e. The number of hydrogen-bond donors (Lipinski definition) is 1. The molecular weight excluding hydrogens is 192 g/mol. The zero-order valence-corrected chi connectivity index (χ0v) is 8.62. The van der Waals surface area contributed by atoms with Gasteiger partial charge in [0.15, 0.2) is 0 Å². The second-order valence-electron chi connectivity index (χ2n) is 3.88. The van der Waals surface area contributed by atoms with Crippen LogP contribution >= 0.6 is 16.1 Å². The molecule has 0 radical (unpaired) electrons. The highest BCUT2D eigenvalue weighted by Gasteiger charge is 2.46. The fraction of sp³-hybridized carbons (Fsp3) is 1.00. The molecule has 3 heteroatoms. The molecule has 0 aliphatic carbocycles. The molecule has 60 valence electrons. The van der Waals surface area contributed by atoms with Gasteiger partial charge in [-0.15, -0.1) is 0 Å². The third kappa shape index (κ3) is 1.00. The first kappa shape index (κ1) is 8.50. The van der Waals surface area contributed by atoms with Gasteiger partial charge in [0.05, 0.1) is 6.67 Å². The highest BCUT2D eigenvalue weighted by atomic mass is 79.9. The molecule has 10 heavy (non-hydrogen) atoms. The Balaban J connectivity index is 2.84. The second kappa shape index (κ2) is 2.19. The summed E-state index contributed by atoms with van der Waals surface area (Å²) in [6, 6.07) is 0. The van der Waals surface area contributed by atoms with Crippen molar-refractivity contribution in [2.75, 3.05) is 6.67 Å².